The summed E-state index contributed by atoms with van der Waals surface area (Å²) >= 11 is 0. The zero-order valence-corrected chi connectivity index (χ0v) is 15.5. The van der Waals surface area contributed by atoms with Crippen LogP contribution >= 0.6 is 0 Å². The highest BCUT2D eigenvalue weighted by Crippen LogP contribution is 2.35. The van der Waals surface area contributed by atoms with Crippen molar-refractivity contribution < 1.29 is 21.6 Å². The van der Waals surface area contributed by atoms with E-state index in [4.69, 9.17) is 0 Å². The fourth-order valence-electron chi connectivity index (χ4n) is 2.91. The fraction of sp³-hybridized carbons (Fsp3) is 0.533. The van der Waals surface area contributed by atoms with E-state index in [1.165, 1.54) is 10.5 Å². The van der Waals surface area contributed by atoms with E-state index in [1.54, 1.807) is 6.92 Å². The molecule has 8 nitrogen and oxygen atoms in total. The Kier molecular flexibility index (Phi) is 5.12. The number of aryl methyl sites for hydroxylation is 1. The van der Waals surface area contributed by atoms with Crippen LogP contribution in [0, 0.1) is 6.92 Å². The predicted molar refractivity (Wildman–Crippen MR) is 92.4 cm³/mol. The second-order valence-electron chi connectivity index (χ2n) is 6.41. The number of piperidine rings is 1. The van der Waals surface area contributed by atoms with Crippen molar-refractivity contribution in [3.8, 4) is 11.4 Å². The number of nitrogens with zero attached hydrogens (tertiary/aromatic N) is 4. The van der Waals surface area contributed by atoms with E-state index in [0.717, 1.165) is 12.5 Å². The van der Waals surface area contributed by atoms with E-state index < -0.39 is 21.8 Å². The molecule has 2 aromatic rings. The molecule has 1 saturated heterocycles. The van der Waals surface area contributed by atoms with Crippen LogP contribution in [-0.4, -0.2) is 58.0 Å². The van der Waals surface area contributed by atoms with E-state index >= 15 is 0 Å². The van der Waals surface area contributed by atoms with Gasteiger partial charge in [-0.3, -0.25) is 0 Å². The van der Waals surface area contributed by atoms with Crippen molar-refractivity contribution in [2.45, 2.75) is 32.0 Å². The van der Waals surface area contributed by atoms with Crippen LogP contribution < -0.4 is 5.32 Å². The van der Waals surface area contributed by atoms with E-state index in [9.17, 15) is 21.6 Å². The minimum absolute atomic E-state index is 0.0523. The molecule has 0 aromatic carbocycles. The van der Waals surface area contributed by atoms with E-state index in [-0.39, 0.29) is 23.4 Å². The first-order valence-corrected chi connectivity index (χ1v) is 10.1. The third-order valence-electron chi connectivity index (χ3n) is 4.30. The number of alkyl halides is 3. The number of hydrogen-bond donors (Lipinski definition) is 2. The Labute approximate surface area is 154 Å². The highest BCUT2D eigenvalue weighted by molar-refractivity contribution is 7.88. The molecular formula is C15H19F3N6O2S. The van der Waals surface area contributed by atoms with Crippen LogP contribution in [0.25, 0.3) is 11.4 Å². The van der Waals surface area contributed by atoms with Gasteiger partial charge in [-0.2, -0.15) is 13.2 Å². The van der Waals surface area contributed by atoms with Crippen molar-refractivity contribution in [3.63, 3.8) is 0 Å². The second-order valence-corrected chi connectivity index (χ2v) is 8.39. The van der Waals surface area contributed by atoms with Gasteiger partial charge < -0.3 is 10.3 Å². The molecular weight excluding hydrogens is 385 g/mol. The largest absolute Gasteiger partial charge is 0.420 e. The first-order chi connectivity index (χ1) is 12.5. The SMILES string of the molecule is Cc1nc(-c2nc(NC3CCN(S(C)(=O)=O)CC3)ncc2C(F)(F)F)c[nH]1. The van der Waals surface area contributed by atoms with Crippen molar-refractivity contribution in [3.05, 3.63) is 23.8 Å². The summed E-state index contributed by atoms with van der Waals surface area (Å²) in [5, 5.41) is 3.00. The molecule has 27 heavy (non-hydrogen) atoms. The molecule has 0 saturated carbocycles. The summed E-state index contributed by atoms with van der Waals surface area (Å²) in [4.78, 5) is 14.6. The second kappa shape index (κ2) is 7.08. The van der Waals surface area contributed by atoms with Crippen LogP contribution in [0.4, 0.5) is 19.1 Å². The summed E-state index contributed by atoms with van der Waals surface area (Å²) < 4.78 is 64.3. The summed E-state index contributed by atoms with van der Waals surface area (Å²) in [5.74, 6) is 0.524. The van der Waals surface area contributed by atoms with Crippen molar-refractivity contribution in [2.24, 2.45) is 0 Å². The highest BCUT2D eigenvalue weighted by Gasteiger charge is 2.36. The van der Waals surface area contributed by atoms with Crippen LogP contribution in [0.2, 0.25) is 0 Å². The van der Waals surface area contributed by atoms with E-state index in [2.05, 4.69) is 25.3 Å². The fourth-order valence-corrected chi connectivity index (χ4v) is 3.78. The minimum Gasteiger partial charge on any atom is -0.351 e. The van der Waals surface area contributed by atoms with E-state index in [0.29, 0.717) is 31.8 Å². The van der Waals surface area contributed by atoms with Gasteiger partial charge >= 0.3 is 6.18 Å². The molecule has 0 unspecified atom stereocenters. The number of anilines is 1. The first-order valence-electron chi connectivity index (χ1n) is 8.22. The van der Waals surface area contributed by atoms with Gasteiger partial charge in [-0.05, 0) is 19.8 Å². The van der Waals surface area contributed by atoms with Crippen molar-refractivity contribution >= 4 is 16.0 Å². The zero-order chi connectivity index (χ0) is 19.8. The molecule has 2 aromatic heterocycles. The Bertz CT molecular complexity index is 920. The van der Waals surface area contributed by atoms with Crippen molar-refractivity contribution in [1.29, 1.82) is 0 Å². The van der Waals surface area contributed by atoms with Crippen LogP contribution in [-0.2, 0) is 16.2 Å². The third-order valence-corrected chi connectivity index (χ3v) is 5.60. The highest BCUT2D eigenvalue weighted by atomic mass is 32.2. The number of aromatic nitrogens is 4. The van der Waals surface area contributed by atoms with Gasteiger partial charge in [0.05, 0.1) is 6.26 Å². The number of halogens is 3. The normalized spacial score (nSPS) is 17.2. The standard InChI is InChI=1S/C15H19F3N6O2S/c1-9-19-8-12(21-9)13-11(15(16,17)18)7-20-14(23-13)22-10-3-5-24(6-4-10)27(2,25)26/h7-8,10H,3-6H2,1-2H3,(H,19,21)(H,20,22,23). The topological polar surface area (TPSA) is 104 Å². The minimum atomic E-state index is -4.61. The van der Waals surface area contributed by atoms with Crippen molar-refractivity contribution in [2.75, 3.05) is 24.7 Å². The molecule has 148 valence electrons. The Morgan fingerprint density at radius 2 is 1.93 bits per heavy atom. The van der Waals surface area contributed by atoms with Gasteiger partial charge in [0.2, 0.25) is 16.0 Å². The predicted octanol–water partition coefficient (Wildman–Crippen LogP) is 2.03. The van der Waals surface area contributed by atoms with Crippen LogP contribution in [0.1, 0.15) is 24.2 Å². The molecule has 0 amide bonds. The molecule has 3 heterocycles. The molecule has 3 rings (SSSR count). The number of hydrogen-bond acceptors (Lipinski definition) is 6. The molecule has 0 bridgehead atoms. The van der Waals surface area contributed by atoms with Gasteiger partial charge in [-0.15, -0.1) is 0 Å². The van der Waals surface area contributed by atoms with Gasteiger partial charge in [-0.25, -0.2) is 27.7 Å². The molecule has 1 fully saturated rings. The first kappa shape index (κ1) is 19.5. The van der Waals surface area contributed by atoms with Crippen LogP contribution in [0.5, 0.6) is 0 Å². The summed E-state index contributed by atoms with van der Waals surface area (Å²) in [6, 6.07) is -0.131. The van der Waals surface area contributed by atoms with Crippen LogP contribution in [0.15, 0.2) is 12.4 Å². The molecule has 0 radical (unpaired) electrons. The molecule has 0 atom stereocenters. The average Bonchev–Trinajstić information content (AvgIpc) is 3.00. The molecule has 1 aliphatic heterocycles. The van der Waals surface area contributed by atoms with Gasteiger partial charge in [0.15, 0.2) is 0 Å². The maximum Gasteiger partial charge on any atom is 0.420 e. The smallest absolute Gasteiger partial charge is 0.351 e. The van der Waals surface area contributed by atoms with Crippen molar-refractivity contribution in [1.82, 2.24) is 24.2 Å². The van der Waals surface area contributed by atoms with Gasteiger partial charge in [0.1, 0.15) is 22.8 Å². The molecule has 1 aliphatic rings. The Morgan fingerprint density at radius 1 is 1.26 bits per heavy atom. The number of H-pyrrole nitrogens is 1. The number of aromatic amines is 1. The summed E-state index contributed by atoms with van der Waals surface area (Å²) in [7, 11) is -3.25. The lowest BCUT2D eigenvalue weighted by molar-refractivity contribution is -0.137. The van der Waals surface area contributed by atoms with Gasteiger partial charge in [0, 0.05) is 31.5 Å². The molecule has 12 heteroatoms. The number of rotatable bonds is 4. The van der Waals surface area contributed by atoms with Crippen LogP contribution in [0.3, 0.4) is 0 Å². The number of nitrogens with one attached hydrogen (secondary N) is 2. The maximum atomic E-state index is 13.3. The maximum absolute atomic E-state index is 13.3. The lowest BCUT2D eigenvalue weighted by atomic mass is 10.1. The number of imidazole rings is 1. The van der Waals surface area contributed by atoms with Gasteiger partial charge in [-0.1, -0.05) is 0 Å². The summed E-state index contributed by atoms with van der Waals surface area (Å²) in [6.07, 6.45) is -0.344. The molecule has 0 spiro atoms. The lowest BCUT2D eigenvalue weighted by Crippen LogP contribution is -2.42. The lowest BCUT2D eigenvalue weighted by Gasteiger charge is -2.30. The Balaban J connectivity index is 1.81. The van der Waals surface area contributed by atoms with E-state index in [1.807, 2.05) is 0 Å². The zero-order valence-electron chi connectivity index (χ0n) is 14.7. The molecule has 0 aliphatic carbocycles. The Hall–Kier alpha value is -2.21. The number of sulfonamides is 1. The average molecular weight is 404 g/mol. The summed E-state index contributed by atoms with van der Waals surface area (Å²) in [5.41, 5.74) is -1.19. The monoisotopic (exact) mass is 404 g/mol. The summed E-state index contributed by atoms with van der Waals surface area (Å²) in [6.45, 7) is 2.30. The van der Waals surface area contributed by atoms with Gasteiger partial charge in [0.25, 0.3) is 0 Å². The third kappa shape index (κ3) is 4.56. The molecule has 2 N–H and O–H groups in total. The quantitative estimate of drug-likeness (QED) is 0.808. The Morgan fingerprint density at radius 3 is 2.44 bits per heavy atom.